The number of aromatic nitrogens is 1. The number of aryl methyl sites for hydroxylation is 1. The van der Waals surface area contributed by atoms with Gasteiger partial charge in [-0.05, 0) is 42.2 Å². The minimum Gasteiger partial charge on any atom is -0.496 e. The second kappa shape index (κ2) is 10.2. The molecule has 0 saturated carbocycles. The summed E-state index contributed by atoms with van der Waals surface area (Å²) >= 11 is 1.63. The molecule has 0 saturated heterocycles. The Balaban J connectivity index is 1.49. The van der Waals surface area contributed by atoms with Crippen molar-refractivity contribution >= 4 is 29.0 Å². The van der Waals surface area contributed by atoms with Crippen LogP contribution in [0.2, 0.25) is 0 Å². The first kappa shape index (κ1) is 22.4. The molecular formula is C26H24N2O4S. The van der Waals surface area contributed by atoms with E-state index < -0.39 is 0 Å². The number of ether oxygens (including phenoxy) is 2. The Labute approximate surface area is 196 Å². The average Bonchev–Trinajstić information content (AvgIpc) is 3.53. The van der Waals surface area contributed by atoms with Gasteiger partial charge in [0.25, 0.3) is 0 Å². The smallest absolute Gasteiger partial charge is 0.185 e. The van der Waals surface area contributed by atoms with Crippen LogP contribution in [0.25, 0.3) is 16.5 Å². The number of nitrogens with zero attached hydrogens (tertiary/aromatic N) is 1. The molecule has 2 aromatic carbocycles. The topological polar surface area (TPSA) is 73.6 Å². The van der Waals surface area contributed by atoms with E-state index in [1.807, 2.05) is 66.9 Å². The Morgan fingerprint density at radius 3 is 2.52 bits per heavy atom. The van der Waals surface area contributed by atoms with Gasteiger partial charge in [0.15, 0.2) is 11.6 Å². The molecule has 7 heteroatoms. The van der Waals surface area contributed by atoms with Gasteiger partial charge in [0.1, 0.15) is 17.3 Å². The maximum atomic E-state index is 12.8. The molecule has 0 radical (unpaired) electrons. The maximum Gasteiger partial charge on any atom is 0.185 e. The summed E-state index contributed by atoms with van der Waals surface area (Å²) in [5.74, 6) is 2.72. The van der Waals surface area contributed by atoms with Gasteiger partial charge in [-0.3, -0.25) is 4.79 Å². The average molecular weight is 461 g/mol. The Bertz CT molecular complexity index is 1260. The Kier molecular flexibility index (Phi) is 6.90. The van der Waals surface area contributed by atoms with Crippen LogP contribution in [-0.2, 0) is 6.54 Å². The number of carbonyl (C=O) groups excluding carboxylic acids is 1. The molecule has 0 aliphatic rings. The van der Waals surface area contributed by atoms with Crippen molar-refractivity contribution in [2.24, 2.45) is 0 Å². The SMILES string of the molecule is COc1cc(OC)c(-c2cccs2)cc1/C=C/C(=O)c1ccc(CNc2cc(C)on2)cc1. The molecular weight excluding hydrogens is 436 g/mol. The monoisotopic (exact) mass is 460 g/mol. The summed E-state index contributed by atoms with van der Waals surface area (Å²) in [6.07, 6.45) is 3.34. The van der Waals surface area contributed by atoms with Crippen molar-refractivity contribution in [1.82, 2.24) is 5.16 Å². The van der Waals surface area contributed by atoms with Crippen molar-refractivity contribution in [3.05, 3.63) is 88.5 Å². The molecule has 0 amide bonds. The van der Waals surface area contributed by atoms with E-state index in [-0.39, 0.29) is 5.78 Å². The lowest BCUT2D eigenvalue weighted by molar-refractivity contribution is 0.104. The molecule has 1 N–H and O–H groups in total. The minimum absolute atomic E-state index is 0.0859. The number of carbonyl (C=O) groups is 1. The lowest BCUT2D eigenvalue weighted by Gasteiger charge is -2.12. The van der Waals surface area contributed by atoms with E-state index in [1.165, 1.54) is 0 Å². The highest BCUT2D eigenvalue weighted by molar-refractivity contribution is 7.13. The molecule has 6 nitrogen and oxygen atoms in total. The third kappa shape index (κ3) is 5.32. The van der Waals surface area contributed by atoms with Crippen LogP contribution >= 0.6 is 11.3 Å². The van der Waals surface area contributed by atoms with Gasteiger partial charge in [-0.15, -0.1) is 11.3 Å². The number of rotatable bonds is 9. The van der Waals surface area contributed by atoms with Crippen molar-refractivity contribution in [2.45, 2.75) is 13.5 Å². The molecule has 0 spiro atoms. The molecule has 2 heterocycles. The summed E-state index contributed by atoms with van der Waals surface area (Å²) in [5.41, 5.74) is 3.41. The van der Waals surface area contributed by atoms with E-state index in [2.05, 4.69) is 10.5 Å². The maximum absolute atomic E-state index is 12.8. The van der Waals surface area contributed by atoms with E-state index in [0.29, 0.717) is 23.7 Å². The number of ketones is 1. The molecule has 0 aliphatic carbocycles. The fourth-order valence-electron chi connectivity index (χ4n) is 3.37. The first-order chi connectivity index (χ1) is 16.1. The highest BCUT2D eigenvalue weighted by atomic mass is 32.1. The summed E-state index contributed by atoms with van der Waals surface area (Å²) in [5, 5.41) is 9.12. The fourth-order valence-corrected chi connectivity index (χ4v) is 4.12. The molecule has 168 valence electrons. The zero-order chi connectivity index (χ0) is 23.2. The highest BCUT2D eigenvalue weighted by Gasteiger charge is 2.13. The molecule has 4 aromatic rings. The Hall–Kier alpha value is -3.84. The van der Waals surface area contributed by atoms with Gasteiger partial charge in [-0.25, -0.2) is 0 Å². The number of benzene rings is 2. The van der Waals surface area contributed by atoms with Gasteiger partial charge in [-0.1, -0.05) is 35.5 Å². The van der Waals surface area contributed by atoms with Crippen LogP contribution in [-0.4, -0.2) is 25.2 Å². The van der Waals surface area contributed by atoms with Gasteiger partial charge >= 0.3 is 0 Å². The van der Waals surface area contributed by atoms with Gasteiger partial charge in [0, 0.05) is 40.2 Å². The first-order valence-electron chi connectivity index (χ1n) is 10.4. The number of anilines is 1. The zero-order valence-electron chi connectivity index (χ0n) is 18.6. The Morgan fingerprint density at radius 1 is 1.09 bits per heavy atom. The summed E-state index contributed by atoms with van der Waals surface area (Å²) in [7, 11) is 3.24. The molecule has 0 unspecified atom stereocenters. The van der Waals surface area contributed by atoms with Crippen LogP contribution in [0.4, 0.5) is 5.82 Å². The van der Waals surface area contributed by atoms with Crippen LogP contribution < -0.4 is 14.8 Å². The summed E-state index contributed by atoms with van der Waals surface area (Å²) < 4.78 is 16.1. The molecule has 2 aromatic heterocycles. The quantitative estimate of drug-likeness (QED) is 0.236. The third-order valence-corrected chi connectivity index (χ3v) is 6.00. The second-order valence-corrected chi connectivity index (χ2v) is 8.29. The second-order valence-electron chi connectivity index (χ2n) is 7.34. The van der Waals surface area contributed by atoms with Crippen LogP contribution in [0.15, 0.2) is 70.6 Å². The van der Waals surface area contributed by atoms with E-state index >= 15 is 0 Å². The first-order valence-corrected chi connectivity index (χ1v) is 11.2. The number of thiophene rings is 1. The number of hydrogen-bond donors (Lipinski definition) is 1. The zero-order valence-corrected chi connectivity index (χ0v) is 19.4. The van der Waals surface area contributed by atoms with Crippen molar-refractivity contribution in [2.75, 3.05) is 19.5 Å². The predicted molar refractivity (Wildman–Crippen MR) is 131 cm³/mol. The van der Waals surface area contributed by atoms with Crippen molar-refractivity contribution in [3.8, 4) is 21.9 Å². The van der Waals surface area contributed by atoms with E-state index in [9.17, 15) is 4.79 Å². The largest absolute Gasteiger partial charge is 0.496 e. The summed E-state index contributed by atoms with van der Waals surface area (Å²) in [4.78, 5) is 13.8. The van der Waals surface area contributed by atoms with Gasteiger partial charge in [0.05, 0.1) is 14.2 Å². The lowest BCUT2D eigenvalue weighted by atomic mass is 10.0. The van der Waals surface area contributed by atoms with E-state index in [1.54, 1.807) is 37.7 Å². The molecule has 4 rings (SSSR count). The van der Waals surface area contributed by atoms with Crippen LogP contribution in [0.3, 0.4) is 0 Å². The summed E-state index contributed by atoms with van der Waals surface area (Å²) in [6.45, 7) is 2.43. The standard InChI is InChI=1S/C26H24N2O4S/c1-17-13-26(28-32-17)27-16-18-6-8-19(9-7-18)22(29)11-10-20-14-21(25-5-4-12-33-25)24(31-3)15-23(20)30-2/h4-15H,16H2,1-3H3,(H,27,28)/b11-10+. The van der Waals surface area contributed by atoms with E-state index in [0.717, 1.165) is 33.1 Å². The van der Waals surface area contributed by atoms with Gasteiger partial charge in [0.2, 0.25) is 0 Å². The van der Waals surface area contributed by atoms with Crippen LogP contribution in [0.5, 0.6) is 11.5 Å². The van der Waals surface area contributed by atoms with Gasteiger partial charge < -0.3 is 19.3 Å². The highest BCUT2D eigenvalue weighted by Crippen LogP contribution is 2.38. The van der Waals surface area contributed by atoms with Crippen LogP contribution in [0, 0.1) is 6.92 Å². The predicted octanol–water partition coefficient (Wildman–Crippen LogP) is 6.24. The molecule has 0 atom stereocenters. The molecule has 33 heavy (non-hydrogen) atoms. The van der Waals surface area contributed by atoms with Crippen molar-refractivity contribution in [3.63, 3.8) is 0 Å². The molecule has 0 bridgehead atoms. The number of allylic oxidation sites excluding steroid dienone is 1. The summed E-state index contributed by atoms with van der Waals surface area (Å²) in [6, 6.07) is 17.2. The minimum atomic E-state index is -0.0859. The number of hydrogen-bond acceptors (Lipinski definition) is 7. The van der Waals surface area contributed by atoms with Crippen molar-refractivity contribution < 1.29 is 18.8 Å². The number of nitrogens with one attached hydrogen (secondary N) is 1. The molecule has 0 aliphatic heterocycles. The van der Waals surface area contributed by atoms with Crippen LogP contribution in [0.1, 0.15) is 27.2 Å². The third-order valence-electron chi connectivity index (χ3n) is 5.09. The Morgan fingerprint density at radius 2 is 1.88 bits per heavy atom. The molecule has 0 fully saturated rings. The van der Waals surface area contributed by atoms with E-state index in [4.69, 9.17) is 14.0 Å². The fraction of sp³-hybridized carbons (Fsp3) is 0.154. The van der Waals surface area contributed by atoms with Gasteiger partial charge in [-0.2, -0.15) is 0 Å². The van der Waals surface area contributed by atoms with Crippen molar-refractivity contribution in [1.29, 1.82) is 0 Å². The normalized spacial score (nSPS) is 11.0. The lowest BCUT2D eigenvalue weighted by Crippen LogP contribution is -2.01. The number of methoxy groups -OCH3 is 2.